The van der Waals surface area contributed by atoms with Gasteiger partial charge in [0.25, 0.3) is 23.6 Å². The summed E-state index contributed by atoms with van der Waals surface area (Å²) in [6.45, 7) is 17.0. The SMILES string of the molecule is CC(C)Oc1cc2c(cc1Nc1ncc(Cl)c(Nc3ccccc3S(=O)(=O)C(C)C)n1)C(=O)N(C1CCN(CC(N)=O)CC1)C2=O.CC(C)Oc1cc2c(cc1Nc1ncc(Cl)c(Nc3ccccc3S(=O)(=O)C(C)C)n1)C(=O)N(C1CCN(CCO)CC1)C2=O. The van der Waals surface area contributed by atoms with Crippen molar-refractivity contribution in [3.05, 3.63) is 117 Å². The van der Waals surface area contributed by atoms with E-state index in [-0.39, 0.29) is 115 Å². The lowest BCUT2D eigenvalue weighted by Crippen LogP contribution is -2.48. The van der Waals surface area contributed by atoms with Crippen LogP contribution in [0.1, 0.15) is 123 Å². The fraction of sp³-hybridized carbons (Fsp3) is 0.403. The fourth-order valence-electron chi connectivity index (χ4n) is 10.9. The molecule has 4 aromatic carbocycles. The molecule has 5 amide bonds. The Labute approximate surface area is 538 Å². The third-order valence-corrected chi connectivity index (χ3v) is 20.5. The number of piperidine rings is 2. The van der Waals surface area contributed by atoms with E-state index in [4.69, 9.17) is 38.4 Å². The molecule has 0 bridgehead atoms. The summed E-state index contributed by atoms with van der Waals surface area (Å²) in [5.41, 5.74) is 7.61. The average molecular weight is 1330 g/mol. The first-order valence-corrected chi connectivity index (χ1v) is 33.6. The van der Waals surface area contributed by atoms with Crippen molar-refractivity contribution in [1.29, 1.82) is 0 Å². The summed E-state index contributed by atoms with van der Waals surface area (Å²) in [6.07, 6.45) is 4.52. The highest BCUT2D eigenvalue weighted by Crippen LogP contribution is 2.41. The Morgan fingerprint density at radius 1 is 0.571 bits per heavy atom. The molecule has 0 saturated carbocycles. The van der Waals surface area contributed by atoms with Crippen LogP contribution in [0.2, 0.25) is 10.0 Å². The molecule has 0 radical (unpaired) electrons. The lowest BCUT2D eigenvalue weighted by atomic mass is 10.0. The van der Waals surface area contributed by atoms with Crippen molar-refractivity contribution in [2.45, 2.75) is 126 Å². The van der Waals surface area contributed by atoms with Gasteiger partial charge in [0.05, 0.1) is 103 Å². The van der Waals surface area contributed by atoms with Gasteiger partial charge in [0, 0.05) is 44.8 Å². The van der Waals surface area contributed by atoms with E-state index in [9.17, 15) is 45.9 Å². The molecule has 29 heteroatoms. The number of likely N-dealkylation sites (tertiary alicyclic amines) is 2. The number of benzene rings is 4. The Morgan fingerprint density at radius 3 is 1.29 bits per heavy atom. The summed E-state index contributed by atoms with van der Waals surface area (Å²) in [4.78, 5) is 89.9. The number of hydrogen-bond donors (Lipinski definition) is 6. The van der Waals surface area contributed by atoms with Crippen molar-refractivity contribution in [2.75, 3.05) is 67.1 Å². The quantitative estimate of drug-likeness (QED) is 0.0346. The molecule has 2 fully saturated rings. The summed E-state index contributed by atoms with van der Waals surface area (Å²) >= 11 is 12.8. The molecule has 6 aromatic rings. The van der Waals surface area contributed by atoms with Gasteiger partial charge in [0.15, 0.2) is 31.3 Å². The Kier molecular flexibility index (Phi) is 20.9. The van der Waals surface area contributed by atoms with Crippen LogP contribution in [0.15, 0.2) is 95.0 Å². The largest absolute Gasteiger partial charge is 0.489 e. The minimum atomic E-state index is -3.62. The van der Waals surface area contributed by atoms with Crippen LogP contribution in [-0.4, -0.2) is 172 Å². The first-order valence-electron chi connectivity index (χ1n) is 29.7. The molecule has 2 aromatic heterocycles. The van der Waals surface area contributed by atoms with Crippen LogP contribution in [0.25, 0.3) is 0 Å². The number of anilines is 8. The molecule has 10 rings (SSSR count). The third-order valence-electron chi connectivity index (χ3n) is 15.5. The number of aromatic nitrogens is 4. The smallest absolute Gasteiger partial charge is 0.261 e. The number of aliphatic hydroxyl groups is 1. The number of primary amides is 1. The van der Waals surface area contributed by atoms with Crippen molar-refractivity contribution >= 4 is 119 Å². The van der Waals surface area contributed by atoms with E-state index >= 15 is 0 Å². The maximum absolute atomic E-state index is 13.6. The number of imide groups is 2. The average Bonchev–Trinajstić information content (AvgIpc) is 1.63. The molecule has 4 aliphatic heterocycles. The maximum atomic E-state index is 13.6. The molecule has 0 unspecified atom stereocenters. The highest BCUT2D eigenvalue weighted by Gasteiger charge is 2.44. The fourth-order valence-corrected chi connectivity index (χ4v) is 13.6. The minimum Gasteiger partial charge on any atom is -0.489 e. The van der Waals surface area contributed by atoms with Crippen LogP contribution < -0.4 is 36.5 Å². The molecule has 2 saturated heterocycles. The summed E-state index contributed by atoms with van der Waals surface area (Å²) in [6, 6.07) is 18.6. The van der Waals surface area contributed by atoms with E-state index in [0.717, 1.165) is 0 Å². The maximum Gasteiger partial charge on any atom is 0.261 e. The van der Waals surface area contributed by atoms with Gasteiger partial charge in [-0.2, -0.15) is 9.97 Å². The van der Waals surface area contributed by atoms with Gasteiger partial charge >= 0.3 is 0 Å². The standard InChI is InChI=1S/C31H36ClN7O6S.C31H37ClN6O6S/c1-17(2)45-25-14-21-20(29(41)39(30(21)42)19-9-11-38(12-10-19)16-27(33)40)13-24(25)36-31-34-15-22(32)28(37-31)35-23-7-5-6-8-26(23)46(43,44)18(3)4;1-18(2)44-26-16-22-21(29(40)38(30(22)41)20-9-11-37(12-10-20)13-14-39)15-25(26)35-31-33-17-23(32)28(36-31)34-24-7-5-6-8-27(24)45(42,43)19(3)4/h5-8,13-15,17-19H,9-12,16H2,1-4H3,(H2,33,40)(H2,34,35,36,37);5-8,15-20,39H,9-14H2,1-4H3,(H2,33,34,35,36). The molecule has 6 heterocycles. The Hall–Kier alpha value is -8.05. The number of sulfone groups is 2. The highest BCUT2D eigenvalue weighted by atomic mass is 35.5. The Bertz CT molecular complexity index is 4010. The minimum absolute atomic E-state index is 0.0638. The van der Waals surface area contributed by atoms with Gasteiger partial charge in [0.2, 0.25) is 17.8 Å². The number of nitrogens with two attached hydrogens (primary N) is 1. The van der Waals surface area contributed by atoms with Crippen molar-refractivity contribution in [2.24, 2.45) is 5.73 Å². The third kappa shape index (κ3) is 15.0. The molecular weight excluding hydrogens is 1250 g/mol. The lowest BCUT2D eigenvalue weighted by Gasteiger charge is -2.35. The van der Waals surface area contributed by atoms with Gasteiger partial charge in [-0.3, -0.25) is 38.7 Å². The number of fused-ring (bicyclic) bond motifs is 2. The van der Waals surface area contributed by atoms with Gasteiger partial charge in [-0.25, -0.2) is 26.8 Å². The monoisotopic (exact) mass is 1330 g/mol. The van der Waals surface area contributed by atoms with Crippen LogP contribution in [-0.2, 0) is 24.5 Å². The van der Waals surface area contributed by atoms with Crippen molar-refractivity contribution < 1.29 is 55.4 Å². The number of nitrogens with one attached hydrogen (secondary N) is 4. The van der Waals surface area contributed by atoms with Crippen LogP contribution >= 0.6 is 23.2 Å². The molecule has 4 aliphatic rings. The van der Waals surface area contributed by atoms with Gasteiger partial charge in [-0.1, -0.05) is 47.5 Å². The summed E-state index contributed by atoms with van der Waals surface area (Å²) < 4.78 is 64.0. The summed E-state index contributed by atoms with van der Waals surface area (Å²) in [5.74, 6) is -0.834. The normalized spacial score (nSPS) is 15.9. The molecule has 0 aliphatic carbocycles. The van der Waals surface area contributed by atoms with E-state index in [0.29, 0.717) is 92.7 Å². The van der Waals surface area contributed by atoms with Crippen LogP contribution in [0.3, 0.4) is 0 Å². The first kappa shape index (κ1) is 67.3. The Balaban J connectivity index is 0.000000215. The topological polar surface area (TPSA) is 331 Å². The number of β-amino-alcohol motifs (C(OH)–C–C–N with tert-alkyl or cyclic N) is 1. The van der Waals surface area contributed by atoms with Gasteiger partial charge < -0.3 is 46.5 Å². The zero-order valence-corrected chi connectivity index (χ0v) is 54.6. The molecule has 25 nitrogen and oxygen atoms in total. The first-order chi connectivity index (χ1) is 43.2. The molecule has 91 heavy (non-hydrogen) atoms. The molecular formula is C62H73Cl2N13O12S2. The number of ether oxygens (including phenoxy) is 2. The highest BCUT2D eigenvalue weighted by molar-refractivity contribution is 7.92. The molecule has 484 valence electrons. The number of rotatable bonds is 22. The zero-order chi connectivity index (χ0) is 65.8. The van der Waals surface area contributed by atoms with Crippen LogP contribution in [0.4, 0.5) is 46.3 Å². The number of aliphatic hydroxyl groups excluding tert-OH is 1. The Morgan fingerprint density at radius 2 is 0.934 bits per heavy atom. The number of halogens is 2. The number of hydrogen-bond acceptors (Lipinski definition) is 22. The van der Waals surface area contributed by atoms with Crippen molar-refractivity contribution in [3.8, 4) is 11.5 Å². The van der Waals surface area contributed by atoms with E-state index in [1.807, 2.05) is 32.6 Å². The number of para-hydroxylation sites is 2. The molecule has 7 N–H and O–H groups in total. The van der Waals surface area contributed by atoms with E-state index in [1.54, 1.807) is 88.4 Å². The predicted octanol–water partition coefficient (Wildman–Crippen LogP) is 8.77. The number of carbonyl (C=O) groups is 5. The predicted molar refractivity (Wildman–Crippen MR) is 345 cm³/mol. The number of carbonyl (C=O) groups excluding carboxylic acids is 5. The second kappa shape index (κ2) is 28.2. The van der Waals surface area contributed by atoms with Crippen molar-refractivity contribution in [1.82, 2.24) is 39.5 Å². The number of amides is 5. The second-order valence-electron chi connectivity index (χ2n) is 23.3. The van der Waals surface area contributed by atoms with Gasteiger partial charge in [-0.15, -0.1) is 0 Å². The lowest BCUT2D eigenvalue weighted by molar-refractivity contribution is -0.119. The molecule has 0 spiro atoms. The van der Waals surface area contributed by atoms with Crippen LogP contribution in [0, 0.1) is 0 Å². The van der Waals surface area contributed by atoms with E-state index in [2.05, 4.69) is 46.1 Å². The van der Waals surface area contributed by atoms with Crippen molar-refractivity contribution in [3.63, 3.8) is 0 Å². The molecule has 0 atom stereocenters. The second-order valence-corrected chi connectivity index (χ2v) is 29.1. The van der Waals surface area contributed by atoms with Gasteiger partial charge in [0.1, 0.15) is 21.5 Å². The van der Waals surface area contributed by atoms with Crippen LogP contribution in [0.5, 0.6) is 11.5 Å². The van der Waals surface area contributed by atoms with E-state index in [1.165, 1.54) is 34.3 Å². The number of nitrogens with zero attached hydrogens (tertiary/aromatic N) is 8. The van der Waals surface area contributed by atoms with E-state index < -0.39 is 47.9 Å². The van der Waals surface area contributed by atoms with Gasteiger partial charge in [-0.05, 0) is 130 Å². The zero-order valence-electron chi connectivity index (χ0n) is 51.5. The summed E-state index contributed by atoms with van der Waals surface area (Å²) in [5, 5.41) is 20.5. The summed E-state index contributed by atoms with van der Waals surface area (Å²) in [7, 11) is -7.23.